The van der Waals surface area contributed by atoms with Crippen molar-refractivity contribution in [2.75, 3.05) is 6.61 Å². The Hall–Kier alpha value is -3.30. The highest BCUT2D eigenvalue weighted by Gasteiger charge is 2.18. The molecule has 10 nitrogen and oxygen atoms in total. The van der Waals surface area contributed by atoms with Crippen LogP contribution in [0.25, 0.3) is 16.7 Å². The first-order valence-corrected chi connectivity index (χ1v) is 6.25. The minimum Gasteiger partial charge on any atom is -0.460 e. The molecule has 1 N–H and O–H groups in total. The normalized spacial score (nSPS) is 11.0. The number of H-pyrrole nitrogens is 1. The number of ether oxygens (including phenoxy) is 1. The van der Waals surface area contributed by atoms with Crippen molar-refractivity contribution in [3.8, 4) is 0 Å². The fourth-order valence-corrected chi connectivity index (χ4v) is 2.00. The van der Waals surface area contributed by atoms with Gasteiger partial charge in [0.05, 0.1) is 22.6 Å². The third-order valence-corrected chi connectivity index (χ3v) is 2.94. The van der Waals surface area contributed by atoms with Crippen LogP contribution >= 0.6 is 0 Å². The maximum atomic E-state index is 11.9. The van der Waals surface area contributed by atoms with Crippen LogP contribution < -0.4 is 5.56 Å². The van der Waals surface area contributed by atoms with E-state index in [1.807, 2.05) is 0 Å². The van der Waals surface area contributed by atoms with Crippen LogP contribution in [0.3, 0.4) is 0 Å². The molecule has 0 bridgehead atoms. The molecule has 0 amide bonds. The molecule has 0 saturated heterocycles. The molecule has 0 spiro atoms. The number of carbonyl (C=O) groups is 1. The number of hydrogen-bond acceptors (Lipinski definition) is 7. The number of carbonyl (C=O) groups excluding carboxylic acids is 1. The van der Waals surface area contributed by atoms with Crippen LogP contribution in [0, 0.1) is 10.1 Å². The van der Waals surface area contributed by atoms with E-state index in [-0.39, 0.29) is 29.3 Å². The number of esters is 1. The number of rotatable bonds is 3. The van der Waals surface area contributed by atoms with Crippen molar-refractivity contribution in [1.82, 2.24) is 19.6 Å². The number of nitrogens with one attached hydrogen (secondary N) is 1. The number of aromatic nitrogens is 4. The van der Waals surface area contributed by atoms with Gasteiger partial charge in [0.1, 0.15) is 0 Å². The minimum atomic E-state index is -0.774. The number of aromatic amines is 1. The van der Waals surface area contributed by atoms with Gasteiger partial charge in [0, 0.05) is 12.1 Å². The molecule has 112 valence electrons. The lowest BCUT2D eigenvalue weighted by Gasteiger charge is -2.00. The van der Waals surface area contributed by atoms with Crippen LogP contribution in [0.4, 0.5) is 5.69 Å². The molecular formula is C12H9N5O5. The molecular weight excluding hydrogens is 294 g/mol. The summed E-state index contributed by atoms with van der Waals surface area (Å²) in [4.78, 5) is 40.2. The summed E-state index contributed by atoms with van der Waals surface area (Å²) in [6, 6.07) is 3.88. The Kier molecular flexibility index (Phi) is 3.05. The molecule has 22 heavy (non-hydrogen) atoms. The zero-order valence-electron chi connectivity index (χ0n) is 11.3. The topological polar surface area (TPSA) is 132 Å². The molecule has 0 aliphatic carbocycles. The molecule has 0 aliphatic rings. The molecule has 0 fully saturated rings. The average Bonchev–Trinajstić information content (AvgIpc) is 2.93. The summed E-state index contributed by atoms with van der Waals surface area (Å²) in [7, 11) is 0. The van der Waals surface area contributed by atoms with Gasteiger partial charge in [-0.2, -0.15) is 4.98 Å². The largest absolute Gasteiger partial charge is 0.460 e. The molecule has 3 rings (SSSR count). The van der Waals surface area contributed by atoms with Gasteiger partial charge in [0.2, 0.25) is 5.65 Å². The number of nitro benzene ring substituents is 1. The SMILES string of the molecule is CCOC(=O)c1nc2c(=O)[nH]c3ccc([N+](=O)[O-])cc3n2n1. The fourth-order valence-electron chi connectivity index (χ4n) is 2.00. The van der Waals surface area contributed by atoms with E-state index in [0.717, 1.165) is 4.52 Å². The predicted octanol–water partition coefficient (Wildman–Crippen LogP) is 0.656. The molecule has 0 atom stereocenters. The Morgan fingerprint density at radius 1 is 1.50 bits per heavy atom. The van der Waals surface area contributed by atoms with Crippen LogP contribution in [0.2, 0.25) is 0 Å². The van der Waals surface area contributed by atoms with Gasteiger partial charge >= 0.3 is 5.97 Å². The number of hydrogen-bond donors (Lipinski definition) is 1. The first kappa shape index (κ1) is 13.7. The highest BCUT2D eigenvalue weighted by Crippen LogP contribution is 2.18. The van der Waals surface area contributed by atoms with Crippen molar-refractivity contribution in [1.29, 1.82) is 0 Å². The lowest BCUT2D eigenvalue weighted by molar-refractivity contribution is -0.384. The fraction of sp³-hybridized carbons (Fsp3) is 0.167. The van der Waals surface area contributed by atoms with Crippen LogP contribution in [0.5, 0.6) is 0 Å². The van der Waals surface area contributed by atoms with Crippen molar-refractivity contribution in [3.05, 3.63) is 44.5 Å². The first-order chi connectivity index (χ1) is 10.5. The Morgan fingerprint density at radius 3 is 2.95 bits per heavy atom. The number of nitro groups is 1. The third kappa shape index (κ3) is 2.06. The first-order valence-electron chi connectivity index (χ1n) is 6.25. The molecule has 1 aromatic carbocycles. The molecule has 2 aromatic heterocycles. The van der Waals surface area contributed by atoms with Crippen LogP contribution in [0.15, 0.2) is 23.0 Å². The minimum absolute atomic E-state index is 0.136. The summed E-state index contributed by atoms with van der Waals surface area (Å²) in [6.07, 6.45) is 0. The van der Waals surface area contributed by atoms with Crippen molar-refractivity contribution < 1.29 is 14.5 Å². The summed E-state index contributed by atoms with van der Waals surface area (Å²) in [5.41, 5.74) is -0.287. The second-order valence-electron chi connectivity index (χ2n) is 4.30. The van der Waals surface area contributed by atoms with Gasteiger partial charge in [0.15, 0.2) is 0 Å². The van der Waals surface area contributed by atoms with Crippen LogP contribution in [-0.2, 0) is 4.74 Å². The van der Waals surface area contributed by atoms with Gasteiger partial charge < -0.3 is 9.72 Å². The van der Waals surface area contributed by atoms with Crippen LogP contribution in [-0.4, -0.2) is 37.1 Å². The second kappa shape index (κ2) is 4.91. The monoisotopic (exact) mass is 303 g/mol. The summed E-state index contributed by atoms with van der Waals surface area (Å²) in [6.45, 7) is 1.76. The van der Waals surface area contributed by atoms with Gasteiger partial charge in [-0.15, -0.1) is 5.10 Å². The zero-order chi connectivity index (χ0) is 15.9. The van der Waals surface area contributed by atoms with E-state index < -0.39 is 16.5 Å². The Balaban J connectivity index is 2.33. The lowest BCUT2D eigenvalue weighted by Crippen LogP contribution is -2.11. The van der Waals surface area contributed by atoms with E-state index in [1.54, 1.807) is 6.92 Å². The Bertz CT molecular complexity index is 973. The van der Waals surface area contributed by atoms with Crippen molar-refractivity contribution in [2.24, 2.45) is 0 Å². The Labute approximate surface area is 121 Å². The maximum Gasteiger partial charge on any atom is 0.378 e. The summed E-state index contributed by atoms with van der Waals surface area (Å²) >= 11 is 0. The lowest BCUT2D eigenvalue weighted by atomic mass is 10.2. The van der Waals surface area contributed by atoms with E-state index >= 15 is 0 Å². The molecule has 0 radical (unpaired) electrons. The molecule has 0 unspecified atom stereocenters. The number of non-ortho nitro benzene ring substituents is 1. The number of benzene rings is 1. The van der Waals surface area contributed by atoms with E-state index in [9.17, 15) is 19.7 Å². The summed E-state index contributed by atoms with van der Waals surface area (Å²) in [5, 5.41) is 14.8. The van der Waals surface area contributed by atoms with Gasteiger partial charge in [-0.1, -0.05) is 0 Å². The van der Waals surface area contributed by atoms with Crippen LogP contribution in [0.1, 0.15) is 17.5 Å². The average molecular weight is 303 g/mol. The molecule has 0 saturated carbocycles. The third-order valence-electron chi connectivity index (χ3n) is 2.94. The molecule has 0 aliphatic heterocycles. The quantitative estimate of drug-likeness (QED) is 0.426. The standard InChI is InChI=1S/C12H9N5O5/c1-2-22-12(19)9-14-10-11(18)13-7-4-3-6(17(20)21)5-8(7)16(10)15-9/h3-5H,2H2,1H3,(H,13,18). The van der Waals surface area contributed by atoms with E-state index in [2.05, 4.69) is 15.1 Å². The van der Waals surface area contributed by atoms with Gasteiger partial charge in [-0.05, 0) is 13.0 Å². The van der Waals surface area contributed by atoms with Gasteiger partial charge in [-0.25, -0.2) is 9.31 Å². The number of fused-ring (bicyclic) bond motifs is 3. The van der Waals surface area contributed by atoms with Gasteiger partial charge in [-0.3, -0.25) is 14.9 Å². The maximum absolute atomic E-state index is 11.9. The molecule has 10 heteroatoms. The van der Waals surface area contributed by atoms with E-state index in [1.165, 1.54) is 18.2 Å². The zero-order valence-corrected chi connectivity index (χ0v) is 11.3. The van der Waals surface area contributed by atoms with Crippen molar-refractivity contribution >= 4 is 28.3 Å². The van der Waals surface area contributed by atoms with E-state index in [4.69, 9.17) is 4.74 Å². The smallest absolute Gasteiger partial charge is 0.378 e. The van der Waals surface area contributed by atoms with Gasteiger partial charge in [0.25, 0.3) is 17.1 Å². The second-order valence-corrected chi connectivity index (χ2v) is 4.30. The summed E-state index contributed by atoms with van der Waals surface area (Å²) < 4.78 is 5.86. The van der Waals surface area contributed by atoms with Crippen molar-refractivity contribution in [3.63, 3.8) is 0 Å². The van der Waals surface area contributed by atoms with Crippen molar-refractivity contribution in [2.45, 2.75) is 6.92 Å². The highest BCUT2D eigenvalue weighted by molar-refractivity contribution is 5.87. The molecule has 3 aromatic rings. The summed E-state index contributed by atoms with van der Waals surface area (Å²) in [5.74, 6) is -1.06. The molecule has 2 heterocycles. The van der Waals surface area contributed by atoms with E-state index in [0.29, 0.717) is 5.52 Å². The highest BCUT2D eigenvalue weighted by atomic mass is 16.6. The predicted molar refractivity (Wildman–Crippen MR) is 73.7 cm³/mol. The Morgan fingerprint density at radius 2 is 2.27 bits per heavy atom. The number of nitrogens with zero attached hydrogens (tertiary/aromatic N) is 4.